The number of halogens is 4. The Morgan fingerprint density at radius 1 is 1.36 bits per heavy atom. The van der Waals surface area contributed by atoms with Crippen LogP contribution in [0.2, 0.25) is 30.8 Å². The van der Waals surface area contributed by atoms with Gasteiger partial charge in [0.25, 0.3) is 11.8 Å². The summed E-state index contributed by atoms with van der Waals surface area (Å²) in [5.41, 5.74) is -2.59. The Kier molecular flexibility index (Phi) is 8.07. The minimum Gasteiger partial charge on any atom is -0.361 e. The number of fused-ring (bicyclic) bond motifs is 1. The number of aromatic nitrogens is 2. The zero-order valence-corrected chi connectivity index (χ0v) is 23.9. The molecule has 210 valence electrons. The van der Waals surface area contributed by atoms with Crippen LogP contribution in [0, 0.1) is 23.6 Å². The Morgan fingerprint density at radius 2 is 2.08 bits per heavy atom. The van der Waals surface area contributed by atoms with E-state index < -0.39 is 37.3 Å². The standard InChI is InChI=1S/C26H31ClF3N5O3Si/c1-25(29,30)26(8-7-16-5-6-16)18-12-19(28)17(11-20(18)33-24(37)34-26)13-31-23(36)21-22(27)32-14-35(21)15-38-9-10-39(2,3)4/h11-12,14,16H,5-6,9-10,13,15H2,1-4H3,(H,31,36)(H2,33,34,37)/t26-/m0/s1. The molecule has 1 aliphatic carbocycles. The maximum Gasteiger partial charge on any atom is 0.320 e. The van der Waals surface area contributed by atoms with Crippen molar-refractivity contribution in [3.05, 3.63) is 46.3 Å². The van der Waals surface area contributed by atoms with Crippen molar-refractivity contribution in [1.82, 2.24) is 20.2 Å². The molecular weight excluding hydrogens is 551 g/mol. The van der Waals surface area contributed by atoms with E-state index in [0.717, 1.165) is 25.0 Å². The summed E-state index contributed by atoms with van der Waals surface area (Å²) in [6.45, 7) is 7.59. The summed E-state index contributed by atoms with van der Waals surface area (Å²) in [5.74, 6) is 0.306. The van der Waals surface area contributed by atoms with Gasteiger partial charge in [-0.2, -0.15) is 0 Å². The van der Waals surface area contributed by atoms with Gasteiger partial charge in [-0.05, 0) is 31.0 Å². The van der Waals surface area contributed by atoms with Gasteiger partial charge in [-0.25, -0.2) is 22.9 Å². The number of anilines is 1. The van der Waals surface area contributed by atoms with E-state index in [1.54, 1.807) is 0 Å². The summed E-state index contributed by atoms with van der Waals surface area (Å²) in [6, 6.07) is 2.20. The molecule has 39 heavy (non-hydrogen) atoms. The van der Waals surface area contributed by atoms with Crippen LogP contribution >= 0.6 is 11.6 Å². The average Bonchev–Trinajstić information content (AvgIpc) is 3.58. The molecule has 0 spiro atoms. The smallest absolute Gasteiger partial charge is 0.320 e. The highest BCUT2D eigenvalue weighted by atomic mass is 35.5. The quantitative estimate of drug-likeness (QED) is 0.212. The number of ether oxygens (including phenoxy) is 1. The van der Waals surface area contributed by atoms with Gasteiger partial charge in [0.15, 0.2) is 10.7 Å². The summed E-state index contributed by atoms with van der Waals surface area (Å²) in [7, 11) is -1.29. The highest BCUT2D eigenvalue weighted by Gasteiger charge is 2.55. The molecule has 1 aliphatic heterocycles. The number of amides is 3. The van der Waals surface area contributed by atoms with E-state index >= 15 is 4.39 Å². The first-order valence-electron chi connectivity index (χ1n) is 12.6. The molecule has 2 aliphatic rings. The van der Waals surface area contributed by atoms with Crippen LogP contribution in [0.5, 0.6) is 0 Å². The molecule has 1 atom stereocenters. The van der Waals surface area contributed by atoms with Gasteiger partial charge >= 0.3 is 6.03 Å². The van der Waals surface area contributed by atoms with E-state index in [1.807, 2.05) is 0 Å². The minimum absolute atomic E-state index is 0.0186. The second-order valence-electron chi connectivity index (χ2n) is 11.1. The molecule has 1 saturated carbocycles. The van der Waals surface area contributed by atoms with E-state index in [-0.39, 0.29) is 46.9 Å². The highest BCUT2D eigenvalue weighted by molar-refractivity contribution is 6.76. The van der Waals surface area contributed by atoms with Crippen LogP contribution in [0.1, 0.15) is 41.4 Å². The molecule has 1 aromatic carbocycles. The molecule has 3 amide bonds. The van der Waals surface area contributed by atoms with Crippen molar-refractivity contribution < 1.29 is 27.5 Å². The summed E-state index contributed by atoms with van der Waals surface area (Å²) in [6.07, 6.45) is 2.96. The lowest BCUT2D eigenvalue weighted by atomic mass is 9.81. The fraction of sp³-hybridized carbons (Fsp3) is 0.500. The van der Waals surface area contributed by atoms with Crippen LogP contribution in [0.15, 0.2) is 18.5 Å². The second kappa shape index (κ2) is 10.9. The van der Waals surface area contributed by atoms with E-state index in [1.165, 1.54) is 17.0 Å². The topological polar surface area (TPSA) is 97.3 Å². The van der Waals surface area contributed by atoms with Gasteiger partial charge < -0.3 is 25.3 Å². The number of alkyl halides is 2. The van der Waals surface area contributed by atoms with Gasteiger partial charge in [-0.3, -0.25) is 4.79 Å². The third-order valence-corrected chi connectivity index (χ3v) is 8.49. The lowest BCUT2D eigenvalue weighted by molar-refractivity contribution is -0.0465. The Hall–Kier alpha value is -3.01. The molecule has 13 heteroatoms. The number of hydrogen-bond acceptors (Lipinski definition) is 4. The second-order valence-corrected chi connectivity index (χ2v) is 17.1. The molecule has 0 saturated heterocycles. The number of nitrogens with zero attached hydrogens (tertiary/aromatic N) is 2. The van der Waals surface area contributed by atoms with Crippen molar-refractivity contribution >= 4 is 37.3 Å². The first-order chi connectivity index (χ1) is 18.2. The van der Waals surface area contributed by atoms with E-state index in [0.29, 0.717) is 13.5 Å². The van der Waals surface area contributed by atoms with Crippen LogP contribution in [0.4, 0.5) is 23.7 Å². The summed E-state index contributed by atoms with van der Waals surface area (Å²) in [4.78, 5) is 29.3. The van der Waals surface area contributed by atoms with Crippen LogP contribution in [0.25, 0.3) is 0 Å². The van der Waals surface area contributed by atoms with Crippen molar-refractivity contribution in [1.29, 1.82) is 0 Å². The molecule has 0 unspecified atom stereocenters. The number of rotatable bonds is 9. The number of urea groups is 1. The van der Waals surface area contributed by atoms with Crippen molar-refractivity contribution in [2.75, 3.05) is 11.9 Å². The van der Waals surface area contributed by atoms with Gasteiger partial charge in [0.05, 0.1) is 6.33 Å². The van der Waals surface area contributed by atoms with Crippen LogP contribution in [-0.4, -0.2) is 42.1 Å². The molecule has 1 fully saturated rings. The summed E-state index contributed by atoms with van der Waals surface area (Å²) < 4.78 is 52.2. The van der Waals surface area contributed by atoms with Gasteiger partial charge in [0.1, 0.15) is 18.2 Å². The number of carbonyl (C=O) groups is 2. The molecular formula is C26H31ClF3N5O3Si. The minimum atomic E-state index is -3.52. The van der Waals surface area contributed by atoms with Gasteiger partial charge in [0, 0.05) is 50.9 Å². The molecule has 0 radical (unpaired) electrons. The number of hydrogen-bond donors (Lipinski definition) is 3. The predicted molar refractivity (Wildman–Crippen MR) is 144 cm³/mol. The summed E-state index contributed by atoms with van der Waals surface area (Å²) in [5, 5.41) is 7.20. The lowest BCUT2D eigenvalue weighted by Crippen LogP contribution is -2.59. The predicted octanol–water partition coefficient (Wildman–Crippen LogP) is 5.32. The third-order valence-electron chi connectivity index (χ3n) is 6.51. The Balaban J connectivity index is 1.53. The molecule has 2 heterocycles. The van der Waals surface area contributed by atoms with Crippen LogP contribution in [-0.2, 0) is 23.6 Å². The molecule has 2 aromatic rings. The highest BCUT2D eigenvalue weighted by Crippen LogP contribution is 2.44. The van der Waals surface area contributed by atoms with Gasteiger partial charge in [-0.1, -0.05) is 43.1 Å². The monoisotopic (exact) mass is 581 g/mol. The lowest BCUT2D eigenvalue weighted by Gasteiger charge is -2.40. The molecule has 4 rings (SSSR count). The Bertz CT molecular complexity index is 1340. The number of benzene rings is 1. The number of carbonyl (C=O) groups excluding carboxylic acids is 2. The average molecular weight is 582 g/mol. The van der Waals surface area contributed by atoms with Crippen molar-refractivity contribution in [2.24, 2.45) is 5.92 Å². The van der Waals surface area contributed by atoms with Gasteiger partial charge in [-0.15, -0.1) is 0 Å². The van der Waals surface area contributed by atoms with E-state index in [9.17, 15) is 18.4 Å². The van der Waals surface area contributed by atoms with Crippen LogP contribution < -0.4 is 16.0 Å². The zero-order chi connectivity index (χ0) is 28.6. The number of nitrogens with one attached hydrogen (secondary N) is 3. The SMILES string of the molecule is CC(F)(F)[C@@]1(C#CC2CC2)NC(=O)Nc2cc(CNC(=O)c3c(Cl)ncn3COCC[Si](C)(C)C)c(F)cc21. The van der Waals surface area contributed by atoms with Crippen molar-refractivity contribution in [2.45, 2.75) is 70.2 Å². The molecule has 1 aromatic heterocycles. The Morgan fingerprint density at radius 3 is 2.72 bits per heavy atom. The van der Waals surface area contributed by atoms with Crippen molar-refractivity contribution in [3.63, 3.8) is 0 Å². The first-order valence-corrected chi connectivity index (χ1v) is 16.7. The Labute approximate surface area is 231 Å². The number of imidazole rings is 1. The fourth-order valence-corrected chi connectivity index (χ4v) is 5.03. The van der Waals surface area contributed by atoms with Gasteiger partial charge in [0.2, 0.25) is 0 Å². The molecule has 8 nitrogen and oxygen atoms in total. The van der Waals surface area contributed by atoms with E-state index in [2.05, 4.69) is 52.4 Å². The molecule has 3 N–H and O–H groups in total. The van der Waals surface area contributed by atoms with Crippen molar-refractivity contribution in [3.8, 4) is 11.8 Å². The molecule has 0 bridgehead atoms. The fourth-order valence-electron chi connectivity index (χ4n) is 4.03. The zero-order valence-electron chi connectivity index (χ0n) is 22.2. The summed E-state index contributed by atoms with van der Waals surface area (Å²) >= 11 is 6.13. The maximum atomic E-state index is 15.2. The van der Waals surface area contributed by atoms with E-state index in [4.69, 9.17) is 16.3 Å². The van der Waals surface area contributed by atoms with Crippen LogP contribution in [0.3, 0.4) is 0 Å². The normalized spacial score (nSPS) is 18.9. The maximum absolute atomic E-state index is 15.2. The largest absolute Gasteiger partial charge is 0.361 e. The third kappa shape index (κ3) is 6.59. The first kappa shape index (κ1) is 29.0.